The highest BCUT2D eigenvalue weighted by Crippen LogP contribution is 2.32. The molecule has 0 bridgehead atoms. The average Bonchev–Trinajstić information content (AvgIpc) is 3.48. The van der Waals surface area contributed by atoms with E-state index in [-0.39, 0.29) is 29.3 Å². The number of halogens is 1. The Balaban J connectivity index is 1.30. The van der Waals surface area contributed by atoms with E-state index in [0.29, 0.717) is 19.5 Å². The summed E-state index contributed by atoms with van der Waals surface area (Å²) >= 11 is 0. The zero-order valence-electron chi connectivity index (χ0n) is 19.1. The van der Waals surface area contributed by atoms with E-state index in [0.717, 1.165) is 27.7 Å². The van der Waals surface area contributed by atoms with Crippen molar-refractivity contribution in [2.75, 3.05) is 11.4 Å². The van der Waals surface area contributed by atoms with Gasteiger partial charge in [-0.05, 0) is 54.6 Å². The average molecular weight is 470 g/mol. The number of carbonyl (C=O) groups is 1. The summed E-state index contributed by atoms with van der Waals surface area (Å²) in [5.74, 6) is -0.403. The van der Waals surface area contributed by atoms with Crippen molar-refractivity contribution in [2.45, 2.75) is 32.0 Å². The highest BCUT2D eigenvalue weighted by Gasteiger charge is 2.33. The molecule has 1 aromatic heterocycles. The third-order valence-electron chi connectivity index (χ3n) is 6.63. The Kier molecular flexibility index (Phi) is 5.93. The number of amides is 1. The minimum atomic E-state index is -0.546. The molecule has 1 aliphatic rings. The van der Waals surface area contributed by atoms with E-state index in [9.17, 15) is 14.3 Å². The Labute approximate surface area is 202 Å². The first-order valence-corrected chi connectivity index (χ1v) is 11.4. The maximum Gasteiger partial charge on any atom is 0.244 e. The van der Waals surface area contributed by atoms with E-state index in [1.54, 1.807) is 35.6 Å². The SMILES string of the molecule is CC(c1ccc(C#N)c(F)c1)n1cncc1CN[C@@H]1CCN(c2cccc3ccc(O)cc23)C1=O. The number of phenols is 1. The second-order valence-electron chi connectivity index (χ2n) is 8.71. The van der Waals surface area contributed by atoms with Crippen LogP contribution in [0.3, 0.4) is 0 Å². The normalized spacial score (nSPS) is 16.5. The molecule has 0 radical (unpaired) electrons. The van der Waals surface area contributed by atoms with Crippen LogP contribution in [0, 0.1) is 17.1 Å². The molecule has 1 aliphatic heterocycles. The standard InChI is InChI=1S/C27H24FN5O2/c1-17(19-5-6-20(13-29)24(28)11-19)33-16-30-14-21(33)15-31-25-9-10-32(27(25)35)26-4-2-3-18-7-8-22(34)12-23(18)26/h2-8,11-12,14,16-17,25,31,34H,9-10,15H2,1H3/t17?,25-/m1/s1. The molecule has 0 saturated carbocycles. The van der Waals surface area contributed by atoms with Crippen LogP contribution in [0.5, 0.6) is 5.75 Å². The third kappa shape index (κ3) is 4.22. The Morgan fingerprint density at radius 2 is 2.11 bits per heavy atom. The number of carbonyl (C=O) groups excluding carboxylic acids is 1. The van der Waals surface area contributed by atoms with Gasteiger partial charge in [0.2, 0.25) is 5.91 Å². The number of aromatic nitrogens is 2. The van der Waals surface area contributed by atoms with Crippen LogP contribution in [0.4, 0.5) is 10.1 Å². The van der Waals surface area contributed by atoms with Gasteiger partial charge in [0.15, 0.2) is 0 Å². The van der Waals surface area contributed by atoms with Crippen molar-refractivity contribution in [3.8, 4) is 11.8 Å². The summed E-state index contributed by atoms with van der Waals surface area (Å²) < 4.78 is 16.1. The first kappa shape index (κ1) is 22.6. The lowest BCUT2D eigenvalue weighted by Gasteiger charge is -2.20. The van der Waals surface area contributed by atoms with Crippen molar-refractivity contribution in [3.05, 3.63) is 89.8 Å². The van der Waals surface area contributed by atoms with E-state index in [4.69, 9.17) is 5.26 Å². The van der Waals surface area contributed by atoms with Crippen LogP contribution in [0.1, 0.15) is 36.2 Å². The summed E-state index contributed by atoms with van der Waals surface area (Å²) in [6.07, 6.45) is 4.07. The summed E-state index contributed by atoms with van der Waals surface area (Å²) in [5, 5.41) is 24.1. The molecule has 2 N–H and O–H groups in total. The number of phenolic OH excluding ortho intramolecular Hbond substituents is 1. The number of imidazole rings is 1. The van der Waals surface area contributed by atoms with Crippen LogP contribution in [0.15, 0.2) is 67.1 Å². The van der Waals surface area contributed by atoms with Crippen molar-refractivity contribution in [1.82, 2.24) is 14.9 Å². The zero-order valence-corrected chi connectivity index (χ0v) is 19.1. The number of nitrogens with zero attached hydrogens (tertiary/aromatic N) is 4. The van der Waals surface area contributed by atoms with Gasteiger partial charge in [-0.1, -0.05) is 24.3 Å². The topological polar surface area (TPSA) is 94.2 Å². The van der Waals surface area contributed by atoms with Gasteiger partial charge >= 0.3 is 0 Å². The number of nitrogens with one attached hydrogen (secondary N) is 1. The molecule has 0 spiro atoms. The molecule has 8 heteroatoms. The van der Waals surface area contributed by atoms with Crippen molar-refractivity contribution in [1.29, 1.82) is 5.26 Å². The molecule has 3 aromatic carbocycles. The maximum absolute atomic E-state index is 14.1. The van der Waals surface area contributed by atoms with Gasteiger partial charge < -0.3 is 19.9 Å². The lowest BCUT2D eigenvalue weighted by Crippen LogP contribution is -2.38. The zero-order chi connectivity index (χ0) is 24.5. The number of nitriles is 1. The second-order valence-corrected chi connectivity index (χ2v) is 8.71. The van der Waals surface area contributed by atoms with E-state index >= 15 is 0 Å². The van der Waals surface area contributed by atoms with Crippen LogP contribution in [0.2, 0.25) is 0 Å². The number of fused-ring (bicyclic) bond motifs is 1. The van der Waals surface area contributed by atoms with Crippen molar-refractivity contribution < 1.29 is 14.3 Å². The van der Waals surface area contributed by atoms with Gasteiger partial charge in [0, 0.05) is 24.7 Å². The number of hydrogen-bond donors (Lipinski definition) is 2. The first-order chi connectivity index (χ1) is 17.0. The fourth-order valence-corrected chi connectivity index (χ4v) is 4.68. The molecule has 2 heterocycles. The Hall–Kier alpha value is -4.22. The minimum Gasteiger partial charge on any atom is -0.508 e. The van der Waals surface area contributed by atoms with Crippen LogP contribution >= 0.6 is 0 Å². The molecule has 5 rings (SSSR count). The van der Waals surface area contributed by atoms with E-state index < -0.39 is 5.82 Å². The molecular weight excluding hydrogens is 445 g/mol. The van der Waals surface area contributed by atoms with Gasteiger partial charge in [-0.2, -0.15) is 5.26 Å². The van der Waals surface area contributed by atoms with Crippen molar-refractivity contribution in [2.24, 2.45) is 0 Å². The lowest BCUT2D eigenvalue weighted by atomic mass is 10.1. The monoisotopic (exact) mass is 469 g/mol. The molecule has 35 heavy (non-hydrogen) atoms. The Morgan fingerprint density at radius 3 is 2.91 bits per heavy atom. The summed E-state index contributed by atoms with van der Waals surface area (Å²) in [6.45, 7) is 2.93. The fraction of sp³-hybridized carbons (Fsp3) is 0.222. The van der Waals surface area contributed by atoms with Crippen LogP contribution in [-0.4, -0.2) is 33.2 Å². The van der Waals surface area contributed by atoms with E-state index in [1.165, 1.54) is 12.1 Å². The molecule has 7 nitrogen and oxygen atoms in total. The Morgan fingerprint density at radius 1 is 1.26 bits per heavy atom. The molecule has 176 valence electrons. The Bertz CT molecular complexity index is 1460. The van der Waals surface area contributed by atoms with Crippen LogP contribution in [-0.2, 0) is 11.3 Å². The highest BCUT2D eigenvalue weighted by molar-refractivity contribution is 6.07. The number of benzene rings is 3. The van der Waals surface area contributed by atoms with Gasteiger partial charge in [-0.25, -0.2) is 9.37 Å². The number of hydrogen-bond acceptors (Lipinski definition) is 5. The lowest BCUT2D eigenvalue weighted by molar-refractivity contribution is -0.118. The largest absolute Gasteiger partial charge is 0.508 e. The van der Waals surface area contributed by atoms with Gasteiger partial charge in [0.05, 0.1) is 35.4 Å². The van der Waals surface area contributed by atoms with E-state index in [2.05, 4.69) is 10.3 Å². The van der Waals surface area contributed by atoms with Gasteiger partial charge in [-0.15, -0.1) is 0 Å². The minimum absolute atomic E-state index is 0.0131. The molecular formula is C27H24FN5O2. The van der Waals surface area contributed by atoms with Crippen LogP contribution < -0.4 is 10.2 Å². The number of rotatable bonds is 6. The summed E-state index contributed by atoms with van der Waals surface area (Å²) in [6, 6.07) is 16.8. The summed E-state index contributed by atoms with van der Waals surface area (Å²) in [5.41, 5.74) is 2.39. The number of aromatic hydroxyl groups is 1. The van der Waals surface area contributed by atoms with E-state index in [1.807, 2.05) is 41.8 Å². The molecule has 4 aromatic rings. The maximum atomic E-state index is 14.1. The van der Waals surface area contributed by atoms with Gasteiger partial charge in [0.1, 0.15) is 17.6 Å². The van der Waals surface area contributed by atoms with Gasteiger partial charge in [0.25, 0.3) is 0 Å². The second kappa shape index (κ2) is 9.20. The summed E-state index contributed by atoms with van der Waals surface area (Å²) in [7, 11) is 0. The molecule has 0 aliphatic carbocycles. The molecule has 1 unspecified atom stereocenters. The number of anilines is 1. The predicted octanol–water partition coefficient (Wildman–Crippen LogP) is 4.26. The van der Waals surface area contributed by atoms with Crippen molar-refractivity contribution in [3.63, 3.8) is 0 Å². The quantitative estimate of drug-likeness (QED) is 0.440. The first-order valence-electron chi connectivity index (χ1n) is 11.4. The smallest absolute Gasteiger partial charge is 0.244 e. The molecule has 1 saturated heterocycles. The molecule has 1 fully saturated rings. The molecule has 2 atom stereocenters. The predicted molar refractivity (Wildman–Crippen MR) is 130 cm³/mol. The van der Waals surface area contributed by atoms with Gasteiger partial charge in [-0.3, -0.25) is 4.79 Å². The van der Waals surface area contributed by atoms with Crippen molar-refractivity contribution >= 4 is 22.4 Å². The highest BCUT2D eigenvalue weighted by atomic mass is 19.1. The fourth-order valence-electron chi connectivity index (χ4n) is 4.68. The molecule has 1 amide bonds. The van der Waals surface area contributed by atoms with Crippen LogP contribution in [0.25, 0.3) is 10.8 Å². The summed E-state index contributed by atoms with van der Waals surface area (Å²) in [4.78, 5) is 19.3. The third-order valence-corrected chi connectivity index (χ3v) is 6.63.